The number of rotatable bonds is 6. The third-order valence-electron chi connectivity index (χ3n) is 5.84. The van der Waals surface area contributed by atoms with Crippen molar-refractivity contribution in [3.8, 4) is 0 Å². The quantitative estimate of drug-likeness (QED) is 0.693. The van der Waals surface area contributed by atoms with Gasteiger partial charge in [-0.2, -0.15) is 0 Å². The molecule has 2 amide bonds. The van der Waals surface area contributed by atoms with E-state index in [1.54, 1.807) is 24.3 Å². The molecule has 32 heavy (non-hydrogen) atoms. The molecule has 8 nitrogen and oxygen atoms in total. The summed E-state index contributed by atoms with van der Waals surface area (Å²) in [6, 6.07) is 16.2. The highest BCUT2D eigenvalue weighted by atomic mass is 32.2. The van der Waals surface area contributed by atoms with Crippen molar-refractivity contribution in [1.82, 2.24) is 10.2 Å². The number of hydrogen-bond donors (Lipinski definition) is 2. The van der Waals surface area contributed by atoms with Gasteiger partial charge in [-0.05, 0) is 49.6 Å². The zero-order valence-electron chi connectivity index (χ0n) is 17.9. The van der Waals surface area contributed by atoms with Crippen LogP contribution in [-0.2, 0) is 14.8 Å². The van der Waals surface area contributed by atoms with E-state index in [1.165, 1.54) is 4.31 Å². The summed E-state index contributed by atoms with van der Waals surface area (Å²) in [5.41, 5.74) is 1.77. The minimum absolute atomic E-state index is 0.0233. The van der Waals surface area contributed by atoms with Crippen molar-refractivity contribution in [1.29, 1.82) is 0 Å². The third kappa shape index (κ3) is 5.46. The van der Waals surface area contributed by atoms with Gasteiger partial charge >= 0.3 is 0 Å². The van der Waals surface area contributed by atoms with E-state index in [0.717, 1.165) is 31.6 Å². The summed E-state index contributed by atoms with van der Waals surface area (Å²) in [5.74, 6) is -0.109. The van der Waals surface area contributed by atoms with Gasteiger partial charge < -0.3 is 10.6 Å². The number of carbonyl (C=O) groups excluding carboxylic acids is 2. The lowest BCUT2D eigenvalue weighted by molar-refractivity contribution is -0.117. The average Bonchev–Trinajstić information content (AvgIpc) is 3.15. The normalized spacial score (nSPS) is 18.9. The van der Waals surface area contributed by atoms with Gasteiger partial charge in [0, 0.05) is 36.9 Å². The zero-order chi connectivity index (χ0) is 22.6. The molecular weight excluding hydrogens is 428 g/mol. The molecule has 0 atom stereocenters. The van der Waals surface area contributed by atoms with E-state index in [4.69, 9.17) is 0 Å². The lowest BCUT2D eigenvalue weighted by atomic mass is 10.0. The maximum absolute atomic E-state index is 12.7. The van der Waals surface area contributed by atoms with Crippen molar-refractivity contribution >= 4 is 33.2 Å². The first-order valence-corrected chi connectivity index (χ1v) is 12.5. The topological polar surface area (TPSA) is 98.8 Å². The molecule has 0 aromatic heterocycles. The Morgan fingerprint density at radius 3 is 2.41 bits per heavy atom. The molecule has 2 aliphatic heterocycles. The second-order valence-corrected chi connectivity index (χ2v) is 10.2. The van der Waals surface area contributed by atoms with Crippen molar-refractivity contribution in [3.63, 3.8) is 0 Å². The smallest absolute Gasteiger partial charge is 0.251 e. The number of benzene rings is 2. The van der Waals surface area contributed by atoms with Crippen molar-refractivity contribution in [2.75, 3.05) is 41.6 Å². The summed E-state index contributed by atoms with van der Waals surface area (Å²) < 4.78 is 25.7. The van der Waals surface area contributed by atoms with Crippen LogP contribution in [0, 0.1) is 0 Å². The molecule has 0 saturated carbocycles. The molecule has 0 bridgehead atoms. The van der Waals surface area contributed by atoms with Crippen molar-refractivity contribution in [2.45, 2.75) is 25.3 Å². The lowest BCUT2D eigenvalue weighted by Gasteiger charge is -2.31. The number of carbonyl (C=O) groups is 2. The van der Waals surface area contributed by atoms with Crippen LogP contribution >= 0.6 is 0 Å². The maximum atomic E-state index is 12.7. The van der Waals surface area contributed by atoms with E-state index < -0.39 is 10.0 Å². The van der Waals surface area contributed by atoms with Gasteiger partial charge in [-0.25, -0.2) is 8.42 Å². The van der Waals surface area contributed by atoms with Crippen LogP contribution in [0.5, 0.6) is 0 Å². The van der Waals surface area contributed by atoms with Crippen LogP contribution in [0.3, 0.4) is 0 Å². The number of amides is 2. The Hall–Kier alpha value is -2.91. The van der Waals surface area contributed by atoms with E-state index in [9.17, 15) is 18.0 Å². The molecule has 2 fully saturated rings. The van der Waals surface area contributed by atoms with Gasteiger partial charge in [-0.3, -0.25) is 18.8 Å². The Bertz CT molecular complexity index is 1070. The minimum atomic E-state index is -3.28. The first-order chi connectivity index (χ1) is 15.4. The van der Waals surface area contributed by atoms with Crippen LogP contribution in [0.1, 0.15) is 29.6 Å². The van der Waals surface area contributed by atoms with Crippen molar-refractivity contribution < 1.29 is 18.0 Å². The molecule has 0 spiro atoms. The molecule has 2 saturated heterocycles. The van der Waals surface area contributed by atoms with Crippen LogP contribution in [0.2, 0.25) is 0 Å². The number of hydrogen-bond acceptors (Lipinski definition) is 5. The number of anilines is 2. The Labute approximate surface area is 188 Å². The van der Waals surface area contributed by atoms with E-state index in [1.807, 2.05) is 30.3 Å². The molecule has 2 aliphatic rings. The Morgan fingerprint density at radius 2 is 1.72 bits per heavy atom. The molecule has 2 aromatic carbocycles. The van der Waals surface area contributed by atoms with Gasteiger partial charge in [-0.15, -0.1) is 0 Å². The third-order valence-corrected chi connectivity index (χ3v) is 7.71. The molecular formula is C23H28N4O4S. The molecule has 9 heteroatoms. The monoisotopic (exact) mass is 456 g/mol. The Kier molecular flexibility index (Phi) is 6.76. The number of likely N-dealkylation sites (tertiary alicyclic amines) is 1. The number of nitrogens with one attached hydrogen (secondary N) is 2. The fourth-order valence-electron chi connectivity index (χ4n) is 4.16. The molecule has 0 radical (unpaired) electrons. The molecule has 4 rings (SSSR count). The first-order valence-electron chi connectivity index (χ1n) is 10.9. The Morgan fingerprint density at radius 1 is 0.969 bits per heavy atom. The molecule has 2 heterocycles. The highest BCUT2D eigenvalue weighted by Crippen LogP contribution is 2.25. The van der Waals surface area contributed by atoms with Gasteiger partial charge in [0.2, 0.25) is 15.9 Å². The van der Waals surface area contributed by atoms with E-state index >= 15 is 0 Å². The van der Waals surface area contributed by atoms with Gasteiger partial charge in [-0.1, -0.05) is 24.3 Å². The average molecular weight is 457 g/mol. The van der Waals surface area contributed by atoms with Gasteiger partial charge in [0.1, 0.15) is 0 Å². The number of para-hydroxylation sites is 1. The largest absolute Gasteiger partial charge is 0.349 e. The summed E-state index contributed by atoms with van der Waals surface area (Å²) in [6.45, 7) is 2.21. The van der Waals surface area contributed by atoms with Crippen LogP contribution in [0.4, 0.5) is 11.4 Å². The number of nitrogens with zero attached hydrogens (tertiary/aromatic N) is 2. The van der Waals surface area contributed by atoms with Crippen LogP contribution in [0.15, 0.2) is 54.6 Å². The highest BCUT2D eigenvalue weighted by molar-refractivity contribution is 7.93. The minimum Gasteiger partial charge on any atom is -0.349 e. The zero-order valence-corrected chi connectivity index (χ0v) is 18.7. The molecule has 170 valence electrons. The van der Waals surface area contributed by atoms with Gasteiger partial charge in [0.15, 0.2) is 0 Å². The molecule has 2 N–H and O–H groups in total. The standard InChI is InChI=1S/C23H28N4O4S/c28-22(24-19-7-2-1-3-8-19)17-26-13-10-20(11-14-26)25-23(29)18-6-4-9-21(16-18)27-12-5-15-32(27,30)31/h1-4,6-9,16,20H,5,10-15,17H2,(H,24,28)(H,25,29). The summed E-state index contributed by atoms with van der Waals surface area (Å²) in [6.07, 6.45) is 2.11. The van der Waals surface area contributed by atoms with E-state index in [0.29, 0.717) is 30.8 Å². The summed E-state index contributed by atoms with van der Waals surface area (Å²) in [5, 5.41) is 5.94. The van der Waals surface area contributed by atoms with Crippen LogP contribution in [0.25, 0.3) is 0 Å². The fraction of sp³-hybridized carbons (Fsp3) is 0.391. The summed E-state index contributed by atoms with van der Waals surface area (Å²) >= 11 is 0. The number of piperidine rings is 1. The molecule has 0 aliphatic carbocycles. The lowest BCUT2D eigenvalue weighted by Crippen LogP contribution is -2.46. The van der Waals surface area contributed by atoms with E-state index in [2.05, 4.69) is 15.5 Å². The summed E-state index contributed by atoms with van der Waals surface area (Å²) in [7, 11) is -3.28. The summed E-state index contributed by atoms with van der Waals surface area (Å²) in [4.78, 5) is 27.1. The van der Waals surface area contributed by atoms with Gasteiger partial charge in [0.05, 0.1) is 18.0 Å². The van der Waals surface area contributed by atoms with Crippen molar-refractivity contribution in [3.05, 3.63) is 60.2 Å². The predicted octanol–water partition coefficient (Wildman–Crippen LogP) is 2.06. The SMILES string of the molecule is O=C(CN1CCC(NC(=O)c2cccc(N3CCCS3(=O)=O)c2)CC1)Nc1ccccc1. The van der Waals surface area contributed by atoms with Gasteiger partial charge in [0.25, 0.3) is 5.91 Å². The predicted molar refractivity (Wildman–Crippen MR) is 124 cm³/mol. The highest BCUT2D eigenvalue weighted by Gasteiger charge is 2.29. The fourth-order valence-corrected chi connectivity index (χ4v) is 5.72. The maximum Gasteiger partial charge on any atom is 0.251 e. The second kappa shape index (κ2) is 9.70. The van der Waals surface area contributed by atoms with Crippen LogP contribution < -0.4 is 14.9 Å². The van der Waals surface area contributed by atoms with Crippen molar-refractivity contribution in [2.24, 2.45) is 0 Å². The molecule has 0 unspecified atom stereocenters. The van der Waals surface area contributed by atoms with Crippen LogP contribution in [-0.4, -0.2) is 63.1 Å². The second-order valence-electron chi connectivity index (χ2n) is 8.23. The first kappa shape index (κ1) is 22.3. The number of sulfonamides is 1. The molecule has 2 aromatic rings. The Balaban J connectivity index is 1.27. The van der Waals surface area contributed by atoms with E-state index in [-0.39, 0.29) is 23.6 Å².